The lowest BCUT2D eigenvalue weighted by Gasteiger charge is -2.56. The predicted octanol–water partition coefficient (Wildman–Crippen LogP) is 2.47. The van der Waals surface area contributed by atoms with Gasteiger partial charge >= 0.3 is 0 Å². The number of likely N-dealkylation sites (tertiary alicyclic amines) is 2. The molecule has 2 saturated heterocycles. The van der Waals surface area contributed by atoms with E-state index in [0.717, 1.165) is 38.8 Å². The van der Waals surface area contributed by atoms with E-state index in [4.69, 9.17) is 0 Å². The van der Waals surface area contributed by atoms with Crippen LogP contribution < -0.4 is 0 Å². The van der Waals surface area contributed by atoms with Crippen molar-refractivity contribution in [3.63, 3.8) is 0 Å². The summed E-state index contributed by atoms with van der Waals surface area (Å²) in [6.45, 7) is 9.41. The van der Waals surface area contributed by atoms with E-state index in [0.29, 0.717) is 5.69 Å². The number of nitrogens with zero attached hydrogens (tertiary/aromatic N) is 4. The molecule has 6 nitrogen and oxygen atoms in total. The van der Waals surface area contributed by atoms with Gasteiger partial charge in [-0.3, -0.25) is 14.3 Å². The van der Waals surface area contributed by atoms with Crippen molar-refractivity contribution in [1.29, 1.82) is 0 Å². The van der Waals surface area contributed by atoms with Gasteiger partial charge in [0.1, 0.15) is 5.69 Å². The molecule has 2 atom stereocenters. The average molecular weight is 332 g/mol. The summed E-state index contributed by atoms with van der Waals surface area (Å²) in [4.78, 5) is 29.3. The summed E-state index contributed by atoms with van der Waals surface area (Å²) in [6, 6.07) is 2.07. The van der Waals surface area contributed by atoms with Crippen LogP contribution in [0.5, 0.6) is 0 Å². The number of fused-ring (bicyclic) bond motifs is 1. The number of hydrogen-bond donors (Lipinski definition) is 0. The Labute approximate surface area is 143 Å². The van der Waals surface area contributed by atoms with Gasteiger partial charge in [-0.25, -0.2) is 0 Å². The van der Waals surface area contributed by atoms with Crippen LogP contribution in [0.4, 0.5) is 0 Å². The Kier molecular flexibility index (Phi) is 4.40. The third-order valence-electron chi connectivity index (χ3n) is 5.68. The number of carbonyl (C=O) groups excluding carboxylic acids is 2. The molecule has 0 N–H and O–H groups in total. The van der Waals surface area contributed by atoms with Crippen molar-refractivity contribution in [3.05, 3.63) is 18.0 Å². The van der Waals surface area contributed by atoms with E-state index in [-0.39, 0.29) is 29.4 Å². The third-order valence-corrected chi connectivity index (χ3v) is 5.68. The second kappa shape index (κ2) is 6.22. The molecule has 0 saturated carbocycles. The first-order chi connectivity index (χ1) is 11.4. The van der Waals surface area contributed by atoms with Gasteiger partial charge in [0, 0.05) is 32.3 Å². The minimum absolute atomic E-state index is 0.0406. The number of aromatic nitrogens is 2. The largest absolute Gasteiger partial charge is 0.338 e. The van der Waals surface area contributed by atoms with Crippen LogP contribution in [0.2, 0.25) is 0 Å². The van der Waals surface area contributed by atoms with E-state index < -0.39 is 0 Å². The molecule has 2 fully saturated rings. The van der Waals surface area contributed by atoms with E-state index in [1.54, 1.807) is 23.9 Å². The zero-order valence-corrected chi connectivity index (χ0v) is 15.2. The standard InChI is InChI=1S/C18H28N4O2/c1-13(2)22-15(8-10-19-22)17(24)21-12-5-7-16-18(21,4)9-6-11-20(16)14(3)23/h8,10,13,16H,5-7,9,11-12H2,1-4H3/t16-,18+/m1/s1. The first-order valence-corrected chi connectivity index (χ1v) is 8.99. The van der Waals surface area contributed by atoms with Crippen LogP contribution in [-0.2, 0) is 4.79 Å². The highest BCUT2D eigenvalue weighted by Crippen LogP contribution is 2.40. The fourth-order valence-electron chi connectivity index (χ4n) is 4.49. The lowest BCUT2D eigenvalue weighted by atomic mass is 9.76. The summed E-state index contributed by atoms with van der Waals surface area (Å²) in [5, 5.41) is 4.31. The van der Waals surface area contributed by atoms with Crippen LogP contribution in [-0.4, -0.2) is 56.1 Å². The molecule has 132 valence electrons. The summed E-state index contributed by atoms with van der Waals surface area (Å²) < 4.78 is 1.79. The average Bonchev–Trinajstić information content (AvgIpc) is 3.02. The molecule has 0 aromatic carbocycles. The number of hydrogen-bond acceptors (Lipinski definition) is 3. The Balaban J connectivity index is 1.94. The normalized spacial score (nSPS) is 27.3. The van der Waals surface area contributed by atoms with Crippen molar-refractivity contribution in [3.8, 4) is 0 Å². The van der Waals surface area contributed by atoms with E-state index in [2.05, 4.69) is 12.0 Å². The quantitative estimate of drug-likeness (QED) is 0.836. The van der Waals surface area contributed by atoms with E-state index in [9.17, 15) is 9.59 Å². The monoisotopic (exact) mass is 332 g/mol. The van der Waals surface area contributed by atoms with Crippen molar-refractivity contribution in [2.75, 3.05) is 13.1 Å². The molecule has 0 radical (unpaired) electrons. The smallest absolute Gasteiger partial charge is 0.272 e. The van der Waals surface area contributed by atoms with E-state index in [1.807, 2.05) is 23.6 Å². The number of piperidine rings is 2. The fourth-order valence-corrected chi connectivity index (χ4v) is 4.49. The number of carbonyl (C=O) groups is 2. The van der Waals surface area contributed by atoms with Crippen molar-refractivity contribution in [1.82, 2.24) is 19.6 Å². The predicted molar refractivity (Wildman–Crippen MR) is 91.7 cm³/mol. The topological polar surface area (TPSA) is 58.4 Å². The Morgan fingerprint density at radius 3 is 2.71 bits per heavy atom. The second-order valence-corrected chi connectivity index (χ2v) is 7.54. The Bertz CT molecular complexity index is 639. The highest BCUT2D eigenvalue weighted by atomic mass is 16.2. The van der Waals surface area contributed by atoms with Gasteiger partial charge in [0.05, 0.1) is 11.6 Å². The molecule has 24 heavy (non-hydrogen) atoms. The second-order valence-electron chi connectivity index (χ2n) is 7.54. The summed E-state index contributed by atoms with van der Waals surface area (Å²) in [7, 11) is 0. The molecule has 2 aliphatic heterocycles. The number of rotatable bonds is 2. The van der Waals surface area contributed by atoms with Crippen LogP contribution in [0, 0.1) is 0 Å². The number of amides is 2. The molecular weight excluding hydrogens is 304 g/mol. The van der Waals surface area contributed by atoms with Crippen LogP contribution >= 0.6 is 0 Å². The zero-order chi connectivity index (χ0) is 17.5. The molecule has 3 rings (SSSR count). The first-order valence-electron chi connectivity index (χ1n) is 8.99. The van der Waals surface area contributed by atoms with E-state index in [1.165, 1.54) is 0 Å². The molecule has 3 heterocycles. The van der Waals surface area contributed by atoms with Crippen LogP contribution in [0.25, 0.3) is 0 Å². The van der Waals surface area contributed by atoms with Crippen molar-refractivity contribution in [2.24, 2.45) is 0 Å². The Morgan fingerprint density at radius 1 is 1.29 bits per heavy atom. The summed E-state index contributed by atoms with van der Waals surface area (Å²) in [5.41, 5.74) is 0.359. The third kappa shape index (κ3) is 2.62. The van der Waals surface area contributed by atoms with Gasteiger partial charge in [0.15, 0.2) is 0 Å². The maximum Gasteiger partial charge on any atom is 0.272 e. The van der Waals surface area contributed by atoms with Gasteiger partial charge in [0.25, 0.3) is 5.91 Å². The van der Waals surface area contributed by atoms with Gasteiger partial charge in [0.2, 0.25) is 5.91 Å². The molecule has 1 aromatic rings. The summed E-state index contributed by atoms with van der Waals surface area (Å²) in [5.74, 6) is 0.159. The van der Waals surface area contributed by atoms with Crippen LogP contribution in [0.15, 0.2) is 12.3 Å². The van der Waals surface area contributed by atoms with Crippen LogP contribution in [0.3, 0.4) is 0 Å². The molecule has 0 spiro atoms. The van der Waals surface area contributed by atoms with Crippen molar-refractivity contribution < 1.29 is 9.59 Å². The Morgan fingerprint density at radius 2 is 2.04 bits per heavy atom. The molecule has 0 aliphatic carbocycles. The fraction of sp³-hybridized carbons (Fsp3) is 0.722. The lowest BCUT2D eigenvalue weighted by Crippen LogP contribution is -2.68. The molecular formula is C18H28N4O2. The van der Waals surface area contributed by atoms with Crippen molar-refractivity contribution >= 4 is 11.8 Å². The van der Waals surface area contributed by atoms with Gasteiger partial charge in [-0.1, -0.05) is 0 Å². The highest BCUT2D eigenvalue weighted by molar-refractivity contribution is 5.93. The van der Waals surface area contributed by atoms with Gasteiger partial charge < -0.3 is 9.80 Å². The zero-order valence-electron chi connectivity index (χ0n) is 15.2. The molecule has 1 aromatic heterocycles. The minimum Gasteiger partial charge on any atom is -0.338 e. The lowest BCUT2D eigenvalue weighted by molar-refractivity contribution is -0.140. The molecule has 0 bridgehead atoms. The van der Waals surface area contributed by atoms with Crippen LogP contribution in [0.1, 0.15) is 69.9 Å². The summed E-state index contributed by atoms with van der Waals surface area (Å²) >= 11 is 0. The van der Waals surface area contributed by atoms with Gasteiger partial charge in [-0.05, 0) is 52.5 Å². The highest BCUT2D eigenvalue weighted by Gasteiger charge is 2.50. The van der Waals surface area contributed by atoms with E-state index >= 15 is 0 Å². The molecule has 0 unspecified atom stereocenters. The first kappa shape index (κ1) is 17.0. The maximum atomic E-state index is 13.3. The SMILES string of the molecule is CC(=O)N1CCC[C@@]2(C)[C@H]1CCCN2C(=O)c1ccnn1C(C)C. The maximum absolute atomic E-state index is 13.3. The summed E-state index contributed by atoms with van der Waals surface area (Å²) in [6.07, 6.45) is 5.50. The molecule has 6 heteroatoms. The van der Waals surface area contributed by atoms with Crippen molar-refractivity contribution in [2.45, 2.75) is 71.0 Å². The molecule has 2 amide bonds. The molecule has 2 aliphatic rings. The van der Waals surface area contributed by atoms with Gasteiger partial charge in [-0.2, -0.15) is 5.10 Å². The minimum atomic E-state index is -0.286. The van der Waals surface area contributed by atoms with Gasteiger partial charge in [-0.15, -0.1) is 0 Å². The Hall–Kier alpha value is -1.85.